The van der Waals surface area contributed by atoms with Crippen molar-refractivity contribution < 1.29 is 0 Å². The molecule has 2 aromatic heterocycles. The van der Waals surface area contributed by atoms with Crippen molar-refractivity contribution in [2.45, 2.75) is 19.8 Å². The Labute approximate surface area is 148 Å². The summed E-state index contributed by atoms with van der Waals surface area (Å²) in [4.78, 5) is 11.5. The van der Waals surface area contributed by atoms with Gasteiger partial charge >= 0.3 is 0 Å². The second kappa shape index (κ2) is 6.59. The normalized spacial score (nSPS) is 14.2. The number of hydrogen-bond donors (Lipinski definition) is 1. The third kappa shape index (κ3) is 2.97. The highest BCUT2D eigenvalue weighted by Crippen LogP contribution is 2.27. The molecule has 0 atom stereocenters. The SMILES string of the molecule is CN=C(NCCc1cn2cccc(C)c2n1)N1CCc2ccccc21. The Bertz CT molecular complexity index is 925. The van der Waals surface area contributed by atoms with Crippen molar-refractivity contribution in [2.75, 3.05) is 25.0 Å². The molecule has 0 radical (unpaired) electrons. The van der Waals surface area contributed by atoms with Crippen LogP contribution in [0.25, 0.3) is 5.65 Å². The van der Waals surface area contributed by atoms with Crippen molar-refractivity contribution in [3.63, 3.8) is 0 Å². The minimum atomic E-state index is 0.814. The second-order valence-electron chi connectivity index (χ2n) is 6.41. The molecule has 3 aromatic rings. The molecule has 0 saturated heterocycles. The van der Waals surface area contributed by atoms with E-state index in [2.05, 4.69) is 69.1 Å². The Balaban J connectivity index is 1.42. The minimum Gasteiger partial charge on any atom is -0.356 e. The fourth-order valence-corrected chi connectivity index (χ4v) is 3.48. The van der Waals surface area contributed by atoms with Crippen molar-refractivity contribution in [3.05, 3.63) is 65.6 Å². The summed E-state index contributed by atoms with van der Waals surface area (Å²) in [5.74, 6) is 0.935. The van der Waals surface area contributed by atoms with Gasteiger partial charge in [-0.15, -0.1) is 0 Å². The van der Waals surface area contributed by atoms with Crippen LogP contribution in [-0.4, -0.2) is 35.5 Å². The molecular weight excluding hydrogens is 310 g/mol. The van der Waals surface area contributed by atoms with Gasteiger partial charge < -0.3 is 14.6 Å². The van der Waals surface area contributed by atoms with Crippen LogP contribution >= 0.6 is 0 Å². The number of rotatable bonds is 3. The summed E-state index contributed by atoms with van der Waals surface area (Å²) >= 11 is 0. The van der Waals surface area contributed by atoms with Crippen LogP contribution in [0.1, 0.15) is 16.8 Å². The van der Waals surface area contributed by atoms with E-state index >= 15 is 0 Å². The number of aromatic nitrogens is 2. The lowest BCUT2D eigenvalue weighted by Crippen LogP contribution is -2.41. The molecule has 0 unspecified atom stereocenters. The molecule has 1 aliphatic heterocycles. The van der Waals surface area contributed by atoms with Gasteiger partial charge in [0.05, 0.1) is 5.69 Å². The van der Waals surface area contributed by atoms with Crippen LogP contribution in [-0.2, 0) is 12.8 Å². The average molecular weight is 333 g/mol. The van der Waals surface area contributed by atoms with Crippen LogP contribution in [0.5, 0.6) is 0 Å². The number of fused-ring (bicyclic) bond motifs is 2. The molecule has 1 aromatic carbocycles. The van der Waals surface area contributed by atoms with Gasteiger partial charge in [0.2, 0.25) is 0 Å². The topological polar surface area (TPSA) is 44.9 Å². The van der Waals surface area contributed by atoms with E-state index in [1.165, 1.54) is 16.8 Å². The number of nitrogens with one attached hydrogen (secondary N) is 1. The molecule has 5 nitrogen and oxygen atoms in total. The lowest BCUT2D eigenvalue weighted by atomic mass is 10.2. The number of anilines is 1. The molecule has 128 valence electrons. The maximum atomic E-state index is 4.74. The van der Waals surface area contributed by atoms with Crippen LogP contribution in [0.3, 0.4) is 0 Å². The van der Waals surface area contributed by atoms with E-state index in [0.717, 1.165) is 43.2 Å². The third-order valence-corrected chi connectivity index (χ3v) is 4.75. The highest BCUT2D eigenvalue weighted by molar-refractivity contribution is 5.97. The van der Waals surface area contributed by atoms with Crippen molar-refractivity contribution in [1.82, 2.24) is 14.7 Å². The summed E-state index contributed by atoms with van der Waals surface area (Å²) in [6.07, 6.45) is 6.10. The van der Waals surface area contributed by atoms with Gasteiger partial charge in [-0.25, -0.2) is 4.98 Å². The van der Waals surface area contributed by atoms with Gasteiger partial charge in [-0.2, -0.15) is 0 Å². The van der Waals surface area contributed by atoms with Crippen LogP contribution in [0.15, 0.2) is 53.8 Å². The summed E-state index contributed by atoms with van der Waals surface area (Å²) < 4.78 is 2.09. The highest BCUT2D eigenvalue weighted by Gasteiger charge is 2.22. The predicted octanol–water partition coefficient (Wildman–Crippen LogP) is 2.82. The summed E-state index contributed by atoms with van der Waals surface area (Å²) in [7, 11) is 1.84. The molecule has 5 heteroatoms. The van der Waals surface area contributed by atoms with Crippen LogP contribution in [0.2, 0.25) is 0 Å². The minimum absolute atomic E-state index is 0.814. The standard InChI is InChI=1S/C20H23N5/c1-15-6-5-12-24-14-17(23-19(15)24)9-11-22-20(21-2)25-13-10-16-7-3-4-8-18(16)25/h3-8,12,14H,9-11,13H2,1-2H3,(H,21,22). The first-order valence-corrected chi connectivity index (χ1v) is 8.75. The molecule has 3 heterocycles. The van der Waals surface area contributed by atoms with Crippen LogP contribution in [0.4, 0.5) is 5.69 Å². The van der Waals surface area contributed by atoms with Crippen LogP contribution in [0, 0.1) is 6.92 Å². The largest absolute Gasteiger partial charge is 0.356 e. The quantitative estimate of drug-likeness (QED) is 0.592. The first kappa shape index (κ1) is 15.7. The maximum absolute atomic E-state index is 4.74. The molecule has 0 saturated carbocycles. The van der Waals surface area contributed by atoms with Gasteiger partial charge in [0.25, 0.3) is 0 Å². The Hall–Kier alpha value is -2.82. The Morgan fingerprint density at radius 1 is 1.24 bits per heavy atom. The number of guanidine groups is 1. The second-order valence-corrected chi connectivity index (χ2v) is 6.41. The van der Waals surface area contributed by atoms with Crippen molar-refractivity contribution in [3.8, 4) is 0 Å². The Kier molecular flexibility index (Phi) is 4.14. The molecule has 4 rings (SSSR count). The summed E-state index contributed by atoms with van der Waals surface area (Å²) in [5.41, 5.74) is 5.99. The van der Waals surface area contributed by atoms with Gasteiger partial charge in [0.1, 0.15) is 5.65 Å². The molecule has 25 heavy (non-hydrogen) atoms. The Morgan fingerprint density at radius 2 is 2.12 bits per heavy atom. The predicted molar refractivity (Wildman–Crippen MR) is 102 cm³/mol. The van der Waals surface area contributed by atoms with Crippen LogP contribution < -0.4 is 10.2 Å². The van der Waals surface area contributed by atoms with E-state index in [4.69, 9.17) is 4.98 Å². The number of aryl methyl sites for hydroxylation is 1. The number of para-hydroxylation sites is 1. The van der Waals surface area contributed by atoms with E-state index in [1.807, 2.05) is 13.2 Å². The summed E-state index contributed by atoms with van der Waals surface area (Å²) in [5, 5.41) is 3.49. The van der Waals surface area contributed by atoms with E-state index in [0.29, 0.717) is 0 Å². The number of pyridine rings is 1. The zero-order valence-corrected chi connectivity index (χ0v) is 14.7. The van der Waals surface area contributed by atoms with E-state index < -0.39 is 0 Å². The Morgan fingerprint density at radius 3 is 2.96 bits per heavy atom. The fraction of sp³-hybridized carbons (Fsp3) is 0.300. The van der Waals surface area contributed by atoms with Gasteiger partial charge in [0, 0.05) is 44.6 Å². The monoisotopic (exact) mass is 333 g/mol. The van der Waals surface area contributed by atoms with E-state index in [-0.39, 0.29) is 0 Å². The number of nitrogens with zero attached hydrogens (tertiary/aromatic N) is 4. The fourth-order valence-electron chi connectivity index (χ4n) is 3.48. The smallest absolute Gasteiger partial charge is 0.198 e. The van der Waals surface area contributed by atoms with E-state index in [9.17, 15) is 0 Å². The lowest BCUT2D eigenvalue weighted by Gasteiger charge is -2.22. The average Bonchev–Trinajstić information content (AvgIpc) is 3.24. The van der Waals surface area contributed by atoms with Gasteiger partial charge in [-0.3, -0.25) is 4.99 Å². The molecule has 0 amide bonds. The summed E-state index contributed by atoms with van der Waals surface area (Å²) in [6, 6.07) is 12.7. The zero-order chi connectivity index (χ0) is 17.2. The van der Waals surface area contributed by atoms with Gasteiger partial charge in [-0.1, -0.05) is 24.3 Å². The lowest BCUT2D eigenvalue weighted by molar-refractivity contribution is 0.824. The molecule has 0 spiro atoms. The van der Waals surface area contributed by atoms with Crippen molar-refractivity contribution >= 4 is 17.3 Å². The number of aliphatic imine (C=N–C) groups is 1. The van der Waals surface area contributed by atoms with E-state index in [1.54, 1.807) is 0 Å². The van der Waals surface area contributed by atoms with Gasteiger partial charge in [-0.05, 0) is 36.6 Å². The zero-order valence-electron chi connectivity index (χ0n) is 14.7. The third-order valence-electron chi connectivity index (χ3n) is 4.75. The molecule has 0 aliphatic carbocycles. The highest BCUT2D eigenvalue weighted by atomic mass is 15.3. The summed E-state index contributed by atoms with van der Waals surface area (Å²) in [6.45, 7) is 3.89. The number of imidazole rings is 1. The van der Waals surface area contributed by atoms with Crippen molar-refractivity contribution in [2.24, 2.45) is 4.99 Å². The first-order chi connectivity index (χ1) is 12.3. The molecule has 1 N–H and O–H groups in total. The molecule has 0 fully saturated rings. The first-order valence-electron chi connectivity index (χ1n) is 8.75. The number of benzene rings is 1. The van der Waals surface area contributed by atoms with Gasteiger partial charge in [0.15, 0.2) is 5.96 Å². The van der Waals surface area contributed by atoms with Crippen molar-refractivity contribution in [1.29, 1.82) is 0 Å². The number of hydrogen-bond acceptors (Lipinski definition) is 2. The maximum Gasteiger partial charge on any atom is 0.198 e. The molecule has 1 aliphatic rings. The molecular formula is C20H23N5. The molecule has 0 bridgehead atoms.